The standard InChI is InChI=1S/C14H18N2O10P/c1-7(15)13(19)25-14(20)8-3-2-4-16(5-8)12-11(18)10(17)9(24-12)6-23-27(22)26-21/h2-5,7,9-12,17-18H,6,15H2,1H3/q+1/p+1/t7-,9+,10+,11+,12+/m0/s1. The average molecular weight is 406 g/mol. The highest BCUT2D eigenvalue weighted by Crippen LogP contribution is 2.29. The van der Waals surface area contributed by atoms with Gasteiger partial charge in [0.1, 0.15) is 30.4 Å². The number of nitrogens with two attached hydrogens (primary N) is 1. The molecule has 1 aromatic heterocycles. The van der Waals surface area contributed by atoms with Crippen LogP contribution in [0.3, 0.4) is 0 Å². The predicted molar refractivity (Wildman–Crippen MR) is 83.9 cm³/mol. The molecule has 0 bridgehead atoms. The summed E-state index contributed by atoms with van der Waals surface area (Å²) < 4.78 is 30.3. The molecule has 0 saturated carbocycles. The number of hydrogen-bond acceptors (Lipinski definition) is 11. The second-order valence-electron chi connectivity index (χ2n) is 5.68. The van der Waals surface area contributed by atoms with Gasteiger partial charge in [0, 0.05) is 10.6 Å². The maximum atomic E-state index is 12.0. The van der Waals surface area contributed by atoms with Gasteiger partial charge in [-0.1, -0.05) is 0 Å². The van der Waals surface area contributed by atoms with Crippen LogP contribution < -0.4 is 10.3 Å². The highest BCUT2D eigenvalue weighted by Gasteiger charge is 2.49. The molecule has 2 rings (SSSR count). The van der Waals surface area contributed by atoms with Gasteiger partial charge in [0.15, 0.2) is 18.5 Å². The number of esters is 2. The lowest BCUT2D eigenvalue weighted by molar-refractivity contribution is -0.765. The summed E-state index contributed by atoms with van der Waals surface area (Å²) in [6.45, 7) is 0.929. The highest BCUT2D eigenvalue weighted by atomic mass is 31.1. The van der Waals surface area contributed by atoms with Crippen molar-refractivity contribution in [3.05, 3.63) is 30.1 Å². The van der Waals surface area contributed by atoms with Crippen molar-refractivity contribution in [3.63, 3.8) is 0 Å². The maximum Gasteiger partial charge on any atom is 0.728 e. The lowest BCUT2D eigenvalue weighted by atomic mass is 10.1. The molecule has 5 N–H and O–H groups in total. The van der Waals surface area contributed by atoms with Crippen LogP contribution in [0.15, 0.2) is 24.5 Å². The first-order chi connectivity index (χ1) is 12.7. The first kappa shape index (κ1) is 21.4. The summed E-state index contributed by atoms with van der Waals surface area (Å²) in [5, 5.41) is 28.4. The van der Waals surface area contributed by atoms with Gasteiger partial charge in [-0.3, -0.25) is 0 Å². The Balaban J connectivity index is 2.10. The second kappa shape index (κ2) is 9.35. The van der Waals surface area contributed by atoms with Gasteiger partial charge in [-0.05, 0) is 13.0 Å². The van der Waals surface area contributed by atoms with E-state index in [0.717, 1.165) is 0 Å². The highest BCUT2D eigenvalue weighted by molar-refractivity contribution is 7.33. The fourth-order valence-corrected chi connectivity index (χ4v) is 2.60. The predicted octanol–water partition coefficient (Wildman–Crippen LogP) is -1.21. The molecule has 13 heteroatoms. The van der Waals surface area contributed by atoms with Crippen LogP contribution >= 0.6 is 8.25 Å². The normalized spacial score (nSPS) is 26.5. The van der Waals surface area contributed by atoms with E-state index in [0.29, 0.717) is 0 Å². The molecule has 0 spiro atoms. The molecule has 1 unspecified atom stereocenters. The number of carbonyl (C=O) groups excluding carboxylic acids is 2. The molecule has 1 fully saturated rings. The van der Waals surface area contributed by atoms with E-state index in [1.54, 1.807) is 0 Å². The van der Waals surface area contributed by atoms with E-state index in [9.17, 15) is 24.4 Å². The molecule has 1 aromatic rings. The summed E-state index contributed by atoms with van der Waals surface area (Å²) >= 11 is 0. The average Bonchev–Trinajstić information content (AvgIpc) is 2.94. The number of aliphatic hydroxyl groups excluding tert-OH is 2. The van der Waals surface area contributed by atoms with E-state index in [2.05, 4.69) is 13.9 Å². The van der Waals surface area contributed by atoms with Crippen molar-refractivity contribution >= 4 is 20.2 Å². The Morgan fingerprint density at radius 2 is 2.11 bits per heavy atom. The zero-order valence-electron chi connectivity index (χ0n) is 14.1. The molecule has 2 heterocycles. The molecule has 6 atom stereocenters. The van der Waals surface area contributed by atoms with Crippen molar-refractivity contribution in [2.24, 2.45) is 5.73 Å². The summed E-state index contributed by atoms with van der Waals surface area (Å²) in [5.74, 6) is -1.85. The number of aliphatic hydroxyl groups is 2. The minimum absolute atomic E-state index is 0.0201. The molecule has 0 radical (unpaired) electrons. The van der Waals surface area contributed by atoms with E-state index in [4.69, 9.17) is 15.7 Å². The summed E-state index contributed by atoms with van der Waals surface area (Å²) in [6.07, 6.45) is -2.31. The molecule has 0 aromatic carbocycles. The second-order valence-corrected chi connectivity index (χ2v) is 6.55. The summed E-state index contributed by atoms with van der Waals surface area (Å²) in [6, 6.07) is 1.83. The quantitative estimate of drug-likeness (QED) is 0.107. The van der Waals surface area contributed by atoms with Crippen LogP contribution in [0.25, 0.3) is 0 Å². The summed E-state index contributed by atoms with van der Waals surface area (Å²) in [7, 11) is -2.80. The Morgan fingerprint density at radius 3 is 2.74 bits per heavy atom. The lowest BCUT2D eigenvalue weighted by Gasteiger charge is -2.10. The third-order valence-electron chi connectivity index (χ3n) is 3.66. The molecule has 1 aliphatic rings. The van der Waals surface area contributed by atoms with Crippen LogP contribution in [-0.2, 0) is 28.0 Å². The molecule has 0 aliphatic carbocycles. The van der Waals surface area contributed by atoms with Crippen molar-refractivity contribution in [2.75, 3.05) is 6.61 Å². The van der Waals surface area contributed by atoms with Gasteiger partial charge in [0.05, 0.1) is 4.67 Å². The van der Waals surface area contributed by atoms with Crippen LogP contribution in [0.5, 0.6) is 0 Å². The minimum atomic E-state index is -2.80. The van der Waals surface area contributed by atoms with Crippen molar-refractivity contribution < 1.29 is 52.9 Å². The maximum absolute atomic E-state index is 12.0. The molecule has 1 aliphatic heterocycles. The molecular weight excluding hydrogens is 387 g/mol. The smallest absolute Gasteiger partial charge is 0.388 e. The van der Waals surface area contributed by atoms with Gasteiger partial charge in [-0.25, -0.2) is 14.8 Å². The number of rotatable bonds is 7. The Bertz CT molecular complexity index is 715. The number of carbonyl (C=O) groups is 2. The molecular formula is C14H19N2O10P+2. The lowest BCUT2D eigenvalue weighted by Crippen LogP contribution is -2.46. The van der Waals surface area contributed by atoms with E-state index < -0.39 is 57.4 Å². The number of nitrogens with zero attached hydrogens (tertiary/aromatic N) is 1. The van der Waals surface area contributed by atoms with Crippen molar-refractivity contribution in [1.29, 1.82) is 0 Å². The Labute approximate surface area is 153 Å². The van der Waals surface area contributed by atoms with E-state index in [1.165, 1.54) is 36.0 Å². The molecule has 12 nitrogen and oxygen atoms in total. The first-order valence-electron chi connectivity index (χ1n) is 7.70. The fourth-order valence-electron chi connectivity index (χ4n) is 2.29. The largest absolute Gasteiger partial charge is 0.728 e. The molecule has 0 amide bonds. The number of hydrogen-bond donors (Lipinski definition) is 4. The van der Waals surface area contributed by atoms with Crippen molar-refractivity contribution in [1.82, 2.24) is 0 Å². The van der Waals surface area contributed by atoms with Crippen molar-refractivity contribution in [3.8, 4) is 0 Å². The Kier molecular flexibility index (Phi) is 7.41. The van der Waals surface area contributed by atoms with Crippen LogP contribution in [-0.4, -0.2) is 58.4 Å². The zero-order valence-corrected chi connectivity index (χ0v) is 15.0. The van der Waals surface area contributed by atoms with Gasteiger partial charge in [0.25, 0.3) is 6.23 Å². The fraction of sp³-hybridized carbons (Fsp3) is 0.500. The third-order valence-corrected chi connectivity index (χ3v) is 4.16. The molecule has 27 heavy (non-hydrogen) atoms. The number of pyridine rings is 1. The zero-order chi connectivity index (χ0) is 20.1. The van der Waals surface area contributed by atoms with Crippen LogP contribution in [0.1, 0.15) is 23.5 Å². The van der Waals surface area contributed by atoms with Gasteiger partial charge in [0.2, 0.25) is 0 Å². The van der Waals surface area contributed by atoms with Crippen molar-refractivity contribution in [2.45, 2.75) is 37.5 Å². The molecule has 148 valence electrons. The summed E-state index contributed by atoms with van der Waals surface area (Å²) in [4.78, 5) is 23.4. The monoisotopic (exact) mass is 406 g/mol. The van der Waals surface area contributed by atoms with Gasteiger partial charge < -0.3 is 25.4 Å². The van der Waals surface area contributed by atoms with Crippen LogP contribution in [0, 0.1) is 0 Å². The minimum Gasteiger partial charge on any atom is -0.388 e. The van der Waals surface area contributed by atoms with E-state index >= 15 is 0 Å². The number of aromatic nitrogens is 1. The van der Waals surface area contributed by atoms with Crippen LogP contribution in [0.2, 0.25) is 0 Å². The van der Waals surface area contributed by atoms with E-state index in [1.807, 2.05) is 0 Å². The van der Waals surface area contributed by atoms with Gasteiger partial charge in [-0.15, -0.1) is 4.52 Å². The van der Waals surface area contributed by atoms with E-state index in [-0.39, 0.29) is 5.56 Å². The first-order valence-corrected chi connectivity index (χ1v) is 8.79. The Morgan fingerprint density at radius 1 is 1.41 bits per heavy atom. The summed E-state index contributed by atoms with van der Waals surface area (Å²) in [5.41, 5.74) is 5.31. The number of ether oxygens (including phenoxy) is 2. The SMILES string of the molecule is C[C@H](N)C(=O)OC(=O)c1ccc[n+]([C@@H]2O[C@H](CO[P+](=O)OO)[C@@H](O)[C@H]2O)c1. The van der Waals surface area contributed by atoms with Crippen LogP contribution in [0.4, 0.5) is 0 Å². The molecule has 1 saturated heterocycles. The van der Waals surface area contributed by atoms with Gasteiger partial charge >= 0.3 is 20.2 Å². The topological polar surface area (TPSA) is 179 Å². The van der Waals surface area contributed by atoms with Gasteiger partial charge in [-0.2, -0.15) is 4.57 Å². The third kappa shape index (κ3) is 5.31. The Hall–Kier alpha value is -1.89.